The van der Waals surface area contributed by atoms with Crippen molar-refractivity contribution in [1.82, 2.24) is 10.6 Å². The number of hydrogen-bond acceptors (Lipinski definition) is 5. The van der Waals surface area contributed by atoms with Crippen molar-refractivity contribution in [3.8, 4) is 16.9 Å². The van der Waals surface area contributed by atoms with Gasteiger partial charge in [-0.1, -0.05) is 54.6 Å². The van der Waals surface area contributed by atoms with Crippen LogP contribution >= 0.6 is 0 Å². The van der Waals surface area contributed by atoms with Gasteiger partial charge in [0.15, 0.2) is 5.78 Å². The molecule has 0 bridgehead atoms. The highest BCUT2D eigenvalue weighted by Gasteiger charge is 2.47. The predicted octanol–water partition coefficient (Wildman–Crippen LogP) is 3.26. The third kappa shape index (κ3) is 5.41. The van der Waals surface area contributed by atoms with Crippen LogP contribution in [0.15, 0.2) is 78.9 Å². The molecule has 7 nitrogen and oxygen atoms in total. The summed E-state index contributed by atoms with van der Waals surface area (Å²) in [7, 11) is 0. The van der Waals surface area contributed by atoms with Crippen molar-refractivity contribution in [2.75, 3.05) is 6.61 Å². The minimum absolute atomic E-state index is 0.0688. The molecule has 35 heavy (non-hydrogen) atoms. The molecular weight excluding hydrogens is 444 g/mol. The lowest BCUT2D eigenvalue weighted by molar-refractivity contribution is -0.130. The van der Waals surface area contributed by atoms with Crippen molar-refractivity contribution >= 4 is 17.6 Å². The van der Waals surface area contributed by atoms with Gasteiger partial charge in [0.1, 0.15) is 23.9 Å². The van der Waals surface area contributed by atoms with E-state index >= 15 is 0 Å². The number of phenolic OH excluding ortho intramolecular Hbond substituents is 1. The van der Waals surface area contributed by atoms with Crippen LogP contribution in [0.3, 0.4) is 0 Å². The summed E-state index contributed by atoms with van der Waals surface area (Å²) in [5.41, 5.74) is 1.99. The topological polar surface area (TPSA) is 105 Å². The monoisotopic (exact) mass is 472 g/mol. The van der Waals surface area contributed by atoms with Gasteiger partial charge >= 0.3 is 0 Å². The van der Waals surface area contributed by atoms with Crippen molar-refractivity contribution in [2.24, 2.45) is 0 Å². The zero-order valence-electron chi connectivity index (χ0n) is 19.7. The summed E-state index contributed by atoms with van der Waals surface area (Å²) < 4.78 is 5.41. The highest BCUT2D eigenvalue weighted by molar-refractivity contribution is 6.00. The molecule has 1 saturated heterocycles. The zero-order chi connectivity index (χ0) is 25.0. The average Bonchev–Trinajstić information content (AvgIpc) is 3.12. The third-order valence-electron chi connectivity index (χ3n) is 6.49. The summed E-state index contributed by atoms with van der Waals surface area (Å²) in [6.45, 7) is 3.29. The van der Waals surface area contributed by atoms with Crippen molar-refractivity contribution in [1.29, 1.82) is 0 Å². The molecule has 0 aromatic heterocycles. The second-order valence-corrected chi connectivity index (χ2v) is 8.91. The number of ether oxygens (including phenoxy) is 1. The van der Waals surface area contributed by atoms with E-state index in [9.17, 15) is 19.5 Å². The number of carbonyl (C=O) groups excluding carboxylic acids is 3. The number of amides is 2. The van der Waals surface area contributed by atoms with Gasteiger partial charge in [-0.3, -0.25) is 14.4 Å². The first-order chi connectivity index (χ1) is 16.8. The molecule has 0 aliphatic carbocycles. The molecule has 4 rings (SSSR count). The Balaban J connectivity index is 1.53. The second-order valence-electron chi connectivity index (χ2n) is 8.91. The maximum atomic E-state index is 13.3. The van der Waals surface area contributed by atoms with Crippen LogP contribution in [0.5, 0.6) is 5.75 Å². The third-order valence-corrected chi connectivity index (χ3v) is 6.49. The molecule has 3 atom stereocenters. The molecule has 1 fully saturated rings. The van der Waals surface area contributed by atoms with Gasteiger partial charge in [-0.05, 0) is 54.8 Å². The van der Waals surface area contributed by atoms with Crippen LogP contribution in [-0.2, 0) is 20.7 Å². The van der Waals surface area contributed by atoms with Gasteiger partial charge in [0.25, 0.3) is 5.91 Å². The molecule has 1 aliphatic heterocycles. The lowest BCUT2D eigenvalue weighted by atomic mass is 9.92. The first kappa shape index (κ1) is 24.2. The quantitative estimate of drug-likeness (QED) is 0.490. The summed E-state index contributed by atoms with van der Waals surface area (Å²) in [6, 6.07) is 22.4. The minimum atomic E-state index is -1.17. The van der Waals surface area contributed by atoms with Gasteiger partial charge in [-0.15, -0.1) is 0 Å². The molecule has 1 aliphatic rings. The maximum absolute atomic E-state index is 13.3. The Morgan fingerprint density at radius 3 is 2.23 bits per heavy atom. The Bertz CT molecular complexity index is 1210. The molecule has 3 N–H and O–H groups in total. The van der Waals surface area contributed by atoms with Crippen molar-refractivity contribution < 1.29 is 24.2 Å². The van der Waals surface area contributed by atoms with E-state index in [0.717, 1.165) is 16.7 Å². The van der Waals surface area contributed by atoms with E-state index in [2.05, 4.69) is 10.6 Å². The van der Waals surface area contributed by atoms with E-state index in [-0.39, 0.29) is 24.6 Å². The number of nitrogens with one attached hydrogen (secondary N) is 2. The van der Waals surface area contributed by atoms with E-state index in [1.165, 1.54) is 12.1 Å². The van der Waals surface area contributed by atoms with E-state index in [0.29, 0.717) is 5.56 Å². The fourth-order valence-electron chi connectivity index (χ4n) is 4.02. The summed E-state index contributed by atoms with van der Waals surface area (Å²) in [6.07, 6.45) is -0.311. The number of ketones is 1. The minimum Gasteiger partial charge on any atom is -0.508 e. The lowest BCUT2D eigenvalue weighted by Gasteiger charge is -2.30. The number of hydrogen-bond donors (Lipinski definition) is 3. The van der Waals surface area contributed by atoms with Gasteiger partial charge in [-0.2, -0.15) is 0 Å². The van der Waals surface area contributed by atoms with E-state index < -0.39 is 29.5 Å². The normalized spacial score (nSPS) is 20.3. The molecule has 2 amide bonds. The molecular formula is C28H28N2O5. The SMILES string of the molecule is C[C@H]1OCC(=O)[C@]1(C)NC(=O)C(Cc1ccc(O)cc1)NC(=O)c1ccc(-c2ccccc2)cc1. The Labute approximate surface area is 204 Å². The summed E-state index contributed by atoms with van der Waals surface area (Å²) in [5, 5.41) is 15.2. The number of benzene rings is 3. The standard InChI is InChI=1S/C28H28N2O5/c1-18-28(2,25(32)17-35-18)30-27(34)24(16-19-8-14-23(31)15-9-19)29-26(33)22-12-10-21(11-13-22)20-6-4-3-5-7-20/h3-15,18,24,31H,16-17H2,1-2H3,(H,29,33)(H,30,34)/t18-,24?,28-/m1/s1. The maximum Gasteiger partial charge on any atom is 0.251 e. The molecule has 3 aromatic rings. The van der Waals surface area contributed by atoms with Gasteiger partial charge in [0, 0.05) is 12.0 Å². The predicted molar refractivity (Wildman–Crippen MR) is 132 cm³/mol. The van der Waals surface area contributed by atoms with Crippen LogP contribution in [0.4, 0.5) is 0 Å². The van der Waals surface area contributed by atoms with Crippen LogP contribution in [0.2, 0.25) is 0 Å². The molecule has 3 aromatic carbocycles. The molecule has 0 radical (unpaired) electrons. The fourth-order valence-corrected chi connectivity index (χ4v) is 4.02. The molecule has 0 spiro atoms. The van der Waals surface area contributed by atoms with Crippen LogP contribution in [0, 0.1) is 0 Å². The summed E-state index contributed by atoms with van der Waals surface area (Å²) in [4.78, 5) is 38.8. The molecule has 0 saturated carbocycles. The fraction of sp³-hybridized carbons (Fsp3) is 0.250. The van der Waals surface area contributed by atoms with E-state index in [1.54, 1.807) is 38.1 Å². The summed E-state index contributed by atoms with van der Waals surface area (Å²) in [5.74, 6) is -1.01. The van der Waals surface area contributed by atoms with Crippen molar-refractivity contribution in [3.05, 3.63) is 90.0 Å². The lowest BCUT2D eigenvalue weighted by Crippen LogP contribution is -2.60. The van der Waals surface area contributed by atoms with Crippen LogP contribution in [-0.4, -0.2) is 47.0 Å². The highest BCUT2D eigenvalue weighted by Crippen LogP contribution is 2.23. The number of Topliss-reactive ketones (excluding diaryl/α,β-unsaturated/α-hetero) is 1. The number of carbonyl (C=O) groups is 3. The Morgan fingerprint density at radius 1 is 1.00 bits per heavy atom. The van der Waals surface area contributed by atoms with Crippen LogP contribution < -0.4 is 10.6 Å². The first-order valence-corrected chi connectivity index (χ1v) is 11.5. The smallest absolute Gasteiger partial charge is 0.251 e. The van der Waals surface area contributed by atoms with Gasteiger partial charge in [-0.25, -0.2) is 0 Å². The molecule has 180 valence electrons. The van der Waals surface area contributed by atoms with Gasteiger partial charge in [0.2, 0.25) is 5.91 Å². The largest absolute Gasteiger partial charge is 0.508 e. The Morgan fingerprint density at radius 2 is 1.63 bits per heavy atom. The molecule has 1 unspecified atom stereocenters. The number of rotatable bonds is 7. The Hall–Kier alpha value is -3.97. The second kappa shape index (κ2) is 10.1. The first-order valence-electron chi connectivity index (χ1n) is 11.5. The van der Waals surface area contributed by atoms with Crippen molar-refractivity contribution in [3.63, 3.8) is 0 Å². The average molecular weight is 473 g/mol. The number of phenols is 1. The van der Waals surface area contributed by atoms with Crippen LogP contribution in [0.1, 0.15) is 29.8 Å². The summed E-state index contributed by atoms with van der Waals surface area (Å²) >= 11 is 0. The Kier molecular flexibility index (Phi) is 6.98. The number of aromatic hydroxyl groups is 1. The van der Waals surface area contributed by atoms with E-state index in [1.807, 2.05) is 42.5 Å². The highest BCUT2D eigenvalue weighted by atomic mass is 16.5. The zero-order valence-corrected chi connectivity index (χ0v) is 19.7. The molecule has 1 heterocycles. The van der Waals surface area contributed by atoms with Gasteiger partial charge < -0.3 is 20.5 Å². The van der Waals surface area contributed by atoms with Crippen molar-refractivity contribution in [2.45, 2.75) is 38.0 Å². The van der Waals surface area contributed by atoms with Crippen LogP contribution in [0.25, 0.3) is 11.1 Å². The van der Waals surface area contributed by atoms with Gasteiger partial charge in [0.05, 0.1) is 6.10 Å². The molecule has 7 heteroatoms. The van der Waals surface area contributed by atoms with E-state index in [4.69, 9.17) is 4.74 Å².